The summed E-state index contributed by atoms with van der Waals surface area (Å²) in [7, 11) is 1.62. The normalized spacial score (nSPS) is 13.8. The minimum absolute atomic E-state index is 0.00856. The van der Waals surface area contributed by atoms with Gasteiger partial charge in [-0.1, -0.05) is 30.0 Å². The predicted octanol–water partition coefficient (Wildman–Crippen LogP) is 2.15. The van der Waals surface area contributed by atoms with E-state index in [1.54, 1.807) is 11.9 Å². The number of amides is 2. The third kappa shape index (κ3) is 3.17. The molecule has 0 unspecified atom stereocenters. The number of aromatic nitrogens is 2. The minimum atomic E-state index is -0.00856. The molecule has 1 aliphatic heterocycles. The van der Waals surface area contributed by atoms with Crippen molar-refractivity contribution in [1.82, 2.24) is 15.1 Å². The van der Waals surface area contributed by atoms with Crippen LogP contribution in [-0.2, 0) is 9.59 Å². The smallest absolute Gasteiger partial charge is 0.237 e. The molecule has 0 atom stereocenters. The first-order valence-corrected chi connectivity index (χ1v) is 8.89. The summed E-state index contributed by atoms with van der Waals surface area (Å²) in [6.45, 7) is 2.45. The molecule has 0 radical (unpaired) electrons. The molecule has 24 heavy (non-hydrogen) atoms. The van der Waals surface area contributed by atoms with Crippen LogP contribution >= 0.6 is 11.8 Å². The molecule has 6 nitrogen and oxygen atoms in total. The summed E-state index contributed by atoms with van der Waals surface area (Å²) in [4.78, 5) is 25.5. The third-order valence-corrected chi connectivity index (χ3v) is 4.99. The highest BCUT2D eigenvalue weighted by molar-refractivity contribution is 8.00. The van der Waals surface area contributed by atoms with Gasteiger partial charge in [0.2, 0.25) is 11.8 Å². The van der Waals surface area contributed by atoms with Gasteiger partial charge in [0.05, 0.1) is 22.8 Å². The number of carbonyl (C=O) groups excluding carboxylic acids is 2. The molecule has 0 spiro atoms. The molecule has 3 rings (SSSR count). The van der Waals surface area contributed by atoms with Crippen LogP contribution in [0.2, 0.25) is 0 Å². The Labute approximate surface area is 145 Å². The van der Waals surface area contributed by atoms with Crippen molar-refractivity contribution in [3.05, 3.63) is 36.0 Å². The van der Waals surface area contributed by atoms with Gasteiger partial charge < -0.3 is 10.2 Å². The summed E-state index contributed by atoms with van der Waals surface area (Å²) in [6, 6.07) is 9.91. The fourth-order valence-electron chi connectivity index (χ4n) is 2.77. The molecule has 0 saturated heterocycles. The Morgan fingerprint density at radius 2 is 2.08 bits per heavy atom. The lowest BCUT2D eigenvalue weighted by molar-refractivity contribution is -0.121. The molecule has 1 aliphatic rings. The van der Waals surface area contributed by atoms with Crippen molar-refractivity contribution in [1.29, 1.82) is 0 Å². The van der Waals surface area contributed by atoms with Crippen LogP contribution < -0.4 is 10.2 Å². The molecule has 1 aromatic carbocycles. The number of nitrogens with zero attached hydrogens (tertiary/aromatic N) is 3. The summed E-state index contributed by atoms with van der Waals surface area (Å²) < 4.78 is 1.90. The average molecular weight is 344 g/mol. The maximum absolute atomic E-state index is 12.4. The van der Waals surface area contributed by atoms with Crippen LogP contribution in [-0.4, -0.2) is 40.9 Å². The number of carbonyl (C=O) groups is 2. The number of anilines is 1. The first-order valence-electron chi connectivity index (χ1n) is 7.90. The van der Waals surface area contributed by atoms with E-state index in [-0.39, 0.29) is 11.8 Å². The molecule has 2 heterocycles. The topological polar surface area (TPSA) is 67.2 Å². The van der Waals surface area contributed by atoms with E-state index in [1.807, 2.05) is 41.9 Å². The Morgan fingerprint density at radius 3 is 2.79 bits per heavy atom. The van der Waals surface area contributed by atoms with Crippen LogP contribution in [0.4, 0.5) is 5.69 Å². The zero-order valence-electron chi connectivity index (χ0n) is 13.8. The molecule has 2 amide bonds. The summed E-state index contributed by atoms with van der Waals surface area (Å²) >= 11 is 1.52. The van der Waals surface area contributed by atoms with Crippen molar-refractivity contribution in [2.24, 2.45) is 0 Å². The molecular formula is C17H20N4O2S. The number of benzene rings is 1. The number of nitrogens with one attached hydrogen (secondary N) is 1. The number of rotatable bonds is 5. The Hall–Kier alpha value is -2.28. The van der Waals surface area contributed by atoms with Crippen LogP contribution in [0.1, 0.15) is 18.5 Å². The van der Waals surface area contributed by atoms with Crippen molar-refractivity contribution in [3.8, 4) is 5.69 Å². The van der Waals surface area contributed by atoms with Crippen molar-refractivity contribution >= 4 is 29.3 Å². The van der Waals surface area contributed by atoms with Crippen LogP contribution in [0, 0.1) is 6.92 Å². The van der Waals surface area contributed by atoms with Gasteiger partial charge in [0, 0.05) is 20.0 Å². The highest BCUT2D eigenvalue weighted by atomic mass is 32.2. The molecule has 0 aliphatic carbocycles. The number of para-hydroxylation sites is 1. The molecule has 7 heteroatoms. The highest BCUT2D eigenvalue weighted by Crippen LogP contribution is 2.39. The van der Waals surface area contributed by atoms with Crippen molar-refractivity contribution in [2.75, 3.05) is 24.2 Å². The van der Waals surface area contributed by atoms with E-state index in [0.717, 1.165) is 22.1 Å². The lowest BCUT2D eigenvalue weighted by atomic mass is 10.2. The second-order valence-corrected chi connectivity index (χ2v) is 6.56. The monoisotopic (exact) mass is 344 g/mol. The van der Waals surface area contributed by atoms with Gasteiger partial charge in [0.25, 0.3) is 0 Å². The lowest BCUT2D eigenvalue weighted by Crippen LogP contribution is -2.37. The van der Waals surface area contributed by atoms with Gasteiger partial charge in [-0.05, 0) is 25.5 Å². The zero-order valence-corrected chi connectivity index (χ0v) is 14.6. The van der Waals surface area contributed by atoms with E-state index < -0.39 is 0 Å². The first kappa shape index (κ1) is 16.6. The Kier molecular flexibility index (Phi) is 4.89. The van der Waals surface area contributed by atoms with E-state index in [2.05, 4.69) is 10.4 Å². The van der Waals surface area contributed by atoms with Gasteiger partial charge in [-0.15, -0.1) is 0 Å². The summed E-state index contributed by atoms with van der Waals surface area (Å²) in [6.07, 6.45) is 1.04. The van der Waals surface area contributed by atoms with Crippen molar-refractivity contribution in [3.63, 3.8) is 0 Å². The highest BCUT2D eigenvalue weighted by Gasteiger charge is 2.31. The quantitative estimate of drug-likeness (QED) is 0.902. The molecule has 0 saturated carbocycles. The average Bonchev–Trinajstić information content (AvgIpc) is 2.94. The van der Waals surface area contributed by atoms with E-state index in [4.69, 9.17) is 0 Å². The molecule has 1 N–H and O–H groups in total. The second kappa shape index (κ2) is 7.09. The van der Waals surface area contributed by atoms with Crippen LogP contribution in [0.25, 0.3) is 5.69 Å². The fourth-order valence-corrected chi connectivity index (χ4v) is 3.85. The predicted molar refractivity (Wildman–Crippen MR) is 94.7 cm³/mol. The van der Waals surface area contributed by atoms with Gasteiger partial charge in [-0.2, -0.15) is 5.10 Å². The molecule has 0 bridgehead atoms. The maximum Gasteiger partial charge on any atom is 0.237 e. The first-order chi connectivity index (χ1) is 11.6. The Bertz CT molecular complexity index is 757. The van der Waals surface area contributed by atoms with Crippen molar-refractivity contribution in [2.45, 2.75) is 24.8 Å². The van der Waals surface area contributed by atoms with Gasteiger partial charge in [0.15, 0.2) is 0 Å². The SMILES string of the molecule is CNC(=O)CCCN1C(=O)CSc2c1c(C)nn2-c1ccccc1. The van der Waals surface area contributed by atoms with Gasteiger partial charge >= 0.3 is 0 Å². The Balaban J connectivity index is 1.89. The van der Waals surface area contributed by atoms with E-state index in [0.29, 0.717) is 25.1 Å². The van der Waals surface area contributed by atoms with Crippen LogP contribution in [0.15, 0.2) is 35.4 Å². The number of thioether (sulfide) groups is 1. The van der Waals surface area contributed by atoms with Crippen LogP contribution in [0.5, 0.6) is 0 Å². The molecule has 0 fully saturated rings. The zero-order chi connectivity index (χ0) is 17.1. The summed E-state index contributed by atoms with van der Waals surface area (Å²) in [5.74, 6) is 0.455. The summed E-state index contributed by atoms with van der Waals surface area (Å²) in [5.41, 5.74) is 2.68. The van der Waals surface area contributed by atoms with Gasteiger partial charge in [-0.3, -0.25) is 9.59 Å². The third-order valence-electron chi connectivity index (χ3n) is 3.96. The summed E-state index contributed by atoms with van der Waals surface area (Å²) in [5, 5.41) is 8.22. The van der Waals surface area contributed by atoms with Gasteiger partial charge in [-0.25, -0.2) is 4.68 Å². The molecular weight excluding hydrogens is 324 g/mol. The molecule has 2 aromatic rings. The number of hydrogen-bond donors (Lipinski definition) is 1. The largest absolute Gasteiger partial charge is 0.359 e. The van der Waals surface area contributed by atoms with E-state index in [1.165, 1.54) is 11.8 Å². The van der Waals surface area contributed by atoms with Crippen LogP contribution in [0.3, 0.4) is 0 Å². The Morgan fingerprint density at radius 1 is 1.33 bits per heavy atom. The van der Waals surface area contributed by atoms with Gasteiger partial charge in [0.1, 0.15) is 5.03 Å². The van der Waals surface area contributed by atoms with E-state index >= 15 is 0 Å². The standard InChI is InChI=1S/C17H20N4O2S/c1-12-16-17(21(19-12)13-7-4-3-5-8-13)24-11-15(23)20(16)10-6-9-14(22)18-2/h3-5,7-8H,6,9-11H2,1-2H3,(H,18,22). The molecule has 126 valence electrons. The minimum Gasteiger partial charge on any atom is -0.359 e. The lowest BCUT2D eigenvalue weighted by Gasteiger charge is -2.27. The van der Waals surface area contributed by atoms with E-state index in [9.17, 15) is 9.59 Å². The second-order valence-electron chi connectivity index (χ2n) is 5.60. The number of fused-ring (bicyclic) bond motifs is 1. The molecule has 1 aromatic heterocycles. The maximum atomic E-state index is 12.4. The fraction of sp³-hybridized carbons (Fsp3) is 0.353. The van der Waals surface area contributed by atoms with Crippen molar-refractivity contribution < 1.29 is 9.59 Å². The number of aryl methyl sites for hydroxylation is 1. The number of hydrogen-bond acceptors (Lipinski definition) is 4.